The third kappa shape index (κ3) is 6.26. The van der Waals surface area contributed by atoms with E-state index in [0.717, 1.165) is 10.9 Å². The van der Waals surface area contributed by atoms with Gasteiger partial charge in [-0.05, 0) is 37.6 Å². The lowest BCUT2D eigenvalue weighted by Crippen LogP contribution is -2.46. The van der Waals surface area contributed by atoms with Crippen molar-refractivity contribution >= 4 is 33.7 Å². The highest BCUT2D eigenvalue weighted by Crippen LogP contribution is 2.11. The number of halogens is 1. The average molecular weight is 371 g/mol. The molecule has 0 radical (unpaired) electrons. The SMILES string of the molecule is CCCNC(=O)[C@H](C)NC(=O)COC(=O)c1ccc(Br)cc1. The second-order valence-corrected chi connectivity index (χ2v) is 5.58. The maximum atomic E-state index is 11.7. The molecule has 0 spiro atoms. The van der Waals surface area contributed by atoms with E-state index in [0.29, 0.717) is 12.1 Å². The molecule has 1 aromatic carbocycles. The van der Waals surface area contributed by atoms with Gasteiger partial charge in [0.15, 0.2) is 6.61 Å². The Kier molecular flexibility index (Phi) is 7.59. The summed E-state index contributed by atoms with van der Waals surface area (Å²) in [6, 6.07) is 5.91. The molecule has 0 aliphatic carbocycles. The van der Waals surface area contributed by atoms with Crippen LogP contribution in [0.4, 0.5) is 0 Å². The fourth-order valence-electron chi connectivity index (χ4n) is 1.55. The molecular formula is C15H19BrN2O4. The minimum atomic E-state index is -0.676. The van der Waals surface area contributed by atoms with Gasteiger partial charge in [-0.1, -0.05) is 22.9 Å². The van der Waals surface area contributed by atoms with Gasteiger partial charge in [-0.2, -0.15) is 0 Å². The summed E-state index contributed by atoms with van der Waals surface area (Å²) in [5, 5.41) is 5.14. The summed E-state index contributed by atoms with van der Waals surface area (Å²) < 4.78 is 5.73. The predicted octanol–water partition coefficient (Wildman–Crippen LogP) is 1.64. The molecular weight excluding hydrogens is 352 g/mol. The molecule has 0 unspecified atom stereocenters. The molecule has 0 aliphatic heterocycles. The molecule has 7 heteroatoms. The molecule has 0 aliphatic rings. The molecule has 2 amide bonds. The van der Waals surface area contributed by atoms with Gasteiger partial charge in [0.25, 0.3) is 5.91 Å². The summed E-state index contributed by atoms with van der Waals surface area (Å²) in [6.07, 6.45) is 0.817. The number of rotatable bonds is 7. The van der Waals surface area contributed by atoms with Gasteiger partial charge < -0.3 is 15.4 Å². The molecule has 1 aromatic rings. The van der Waals surface area contributed by atoms with E-state index in [1.54, 1.807) is 31.2 Å². The van der Waals surface area contributed by atoms with Gasteiger partial charge in [-0.3, -0.25) is 9.59 Å². The number of esters is 1. The predicted molar refractivity (Wildman–Crippen MR) is 85.3 cm³/mol. The topological polar surface area (TPSA) is 84.5 Å². The van der Waals surface area contributed by atoms with E-state index < -0.39 is 24.5 Å². The number of amides is 2. The number of carbonyl (C=O) groups excluding carboxylic acids is 3. The summed E-state index contributed by atoms with van der Waals surface area (Å²) >= 11 is 3.26. The van der Waals surface area contributed by atoms with E-state index in [-0.39, 0.29) is 5.91 Å². The van der Waals surface area contributed by atoms with Crippen LogP contribution in [0, 0.1) is 0 Å². The molecule has 0 saturated carbocycles. The monoisotopic (exact) mass is 370 g/mol. The van der Waals surface area contributed by atoms with Crippen LogP contribution in [-0.2, 0) is 14.3 Å². The minimum absolute atomic E-state index is 0.269. The smallest absolute Gasteiger partial charge is 0.338 e. The summed E-state index contributed by atoms with van der Waals surface area (Å²) in [5.41, 5.74) is 0.352. The number of nitrogens with one attached hydrogen (secondary N) is 2. The number of carbonyl (C=O) groups is 3. The van der Waals surface area contributed by atoms with Crippen molar-refractivity contribution in [2.75, 3.05) is 13.2 Å². The molecule has 6 nitrogen and oxygen atoms in total. The standard InChI is InChI=1S/C15H19BrN2O4/c1-3-8-17-14(20)10(2)18-13(19)9-22-15(21)11-4-6-12(16)7-5-11/h4-7,10H,3,8-9H2,1-2H3,(H,17,20)(H,18,19)/t10-/m0/s1. The zero-order valence-corrected chi connectivity index (χ0v) is 14.1. The Balaban J connectivity index is 2.37. The van der Waals surface area contributed by atoms with E-state index in [4.69, 9.17) is 4.74 Å². The summed E-state index contributed by atoms with van der Waals surface area (Å²) in [7, 11) is 0. The molecule has 0 saturated heterocycles. The molecule has 22 heavy (non-hydrogen) atoms. The Morgan fingerprint density at radius 2 is 1.86 bits per heavy atom. The first kappa shape index (κ1) is 18.2. The Bertz CT molecular complexity index is 531. The normalized spacial score (nSPS) is 11.4. The van der Waals surface area contributed by atoms with Gasteiger partial charge >= 0.3 is 5.97 Å². The molecule has 2 N–H and O–H groups in total. The number of hydrogen-bond donors (Lipinski definition) is 2. The van der Waals surface area contributed by atoms with Crippen LogP contribution in [0.3, 0.4) is 0 Å². The minimum Gasteiger partial charge on any atom is -0.452 e. The fourth-order valence-corrected chi connectivity index (χ4v) is 1.81. The van der Waals surface area contributed by atoms with Crippen LogP contribution >= 0.6 is 15.9 Å². The Labute approximate surface area is 137 Å². The third-order valence-electron chi connectivity index (χ3n) is 2.73. The van der Waals surface area contributed by atoms with Crippen molar-refractivity contribution in [2.24, 2.45) is 0 Å². The van der Waals surface area contributed by atoms with Gasteiger partial charge in [0, 0.05) is 11.0 Å². The van der Waals surface area contributed by atoms with E-state index in [1.807, 2.05) is 6.92 Å². The van der Waals surface area contributed by atoms with Gasteiger partial charge in [-0.15, -0.1) is 0 Å². The van der Waals surface area contributed by atoms with Crippen molar-refractivity contribution in [3.05, 3.63) is 34.3 Å². The van der Waals surface area contributed by atoms with E-state index in [2.05, 4.69) is 26.6 Å². The highest BCUT2D eigenvalue weighted by atomic mass is 79.9. The van der Waals surface area contributed by atoms with Crippen molar-refractivity contribution in [3.8, 4) is 0 Å². The van der Waals surface area contributed by atoms with Crippen LogP contribution in [0.15, 0.2) is 28.7 Å². The van der Waals surface area contributed by atoms with E-state index in [9.17, 15) is 14.4 Å². The zero-order chi connectivity index (χ0) is 16.5. The lowest BCUT2D eigenvalue weighted by atomic mass is 10.2. The molecule has 0 heterocycles. The van der Waals surface area contributed by atoms with Gasteiger partial charge in [0.05, 0.1) is 5.56 Å². The van der Waals surface area contributed by atoms with Crippen molar-refractivity contribution in [1.29, 1.82) is 0 Å². The quantitative estimate of drug-likeness (QED) is 0.714. The van der Waals surface area contributed by atoms with Crippen molar-refractivity contribution in [1.82, 2.24) is 10.6 Å². The van der Waals surface area contributed by atoms with Crippen molar-refractivity contribution in [3.63, 3.8) is 0 Å². The van der Waals surface area contributed by atoms with Crippen LogP contribution in [-0.4, -0.2) is 37.0 Å². The lowest BCUT2D eigenvalue weighted by molar-refractivity contribution is -0.130. The second-order valence-electron chi connectivity index (χ2n) is 4.66. The maximum absolute atomic E-state index is 11.7. The van der Waals surface area contributed by atoms with Gasteiger partial charge in [-0.25, -0.2) is 4.79 Å². The zero-order valence-electron chi connectivity index (χ0n) is 12.5. The first-order valence-corrected chi connectivity index (χ1v) is 7.73. The number of ether oxygens (including phenoxy) is 1. The first-order chi connectivity index (χ1) is 10.4. The van der Waals surface area contributed by atoms with Crippen LogP contribution < -0.4 is 10.6 Å². The summed E-state index contributed by atoms with van der Waals surface area (Å²) in [6.45, 7) is 3.63. The van der Waals surface area contributed by atoms with Crippen molar-refractivity contribution < 1.29 is 19.1 Å². The highest BCUT2D eigenvalue weighted by Gasteiger charge is 2.16. The largest absolute Gasteiger partial charge is 0.452 e. The van der Waals surface area contributed by atoms with Gasteiger partial charge in [0.2, 0.25) is 5.91 Å². The Morgan fingerprint density at radius 1 is 1.23 bits per heavy atom. The molecule has 0 aromatic heterocycles. The van der Waals surface area contributed by atoms with Crippen LogP contribution in [0.2, 0.25) is 0 Å². The van der Waals surface area contributed by atoms with E-state index >= 15 is 0 Å². The van der Waals surface area contributed by atoms with Crippen LogP contribution in [0.25, 0.3) is 0 Å². The van der Waals surface area contributed by atoms with Crippen LogP contribution in [0.5, 0.6) is 0 Å². The first-order valence-electron chi connectivity index (χ1n) is 6.93. The molecule has 0 bridgehead atoms. The Hall–Kier alpha value is -1.89. The number of hydrogen-bond acceptors (Lipinski definition) is 4. The van der Waals surface area contributed by atoms with Crippen molar-refractivity contribution in [2.45, 2.75) is 26.3 Å². The molecule has 1 atom stereocenters. The summed E-state index contributed by atoms with van der Waals surface area (Å²) in [4.78, 5) is 35.0. The second kappa shape index (κ2) is 9.19. The summed E-state index contributed by atoms with van der Waals surface area (Å²) in [5.74, 6) is -1.38. The fraction of sp³-hybridized carbons (Fsp3) is 0.400. The molecule has 120 valence electrons. The Morgan fingerprint density at radius 3 is 2.45 bits per heavy atom. The highest BCUT2D eigenvalue weighted by molar-refractivity contribution is 9.10. The maximum Gasteiger partial charge on any atom is 0.338 e. The van der Waals surface area contributed by atoms with E-state index in [1.165, 1.54) is 0 Å². The van der Waals surface area contributed by atoms with Gasteiger partial charge in [0.1, 0.15) is 6.04 Å². The lowest BCUT2D eigenvalue weighted by Gasteiger charge is -2.13. The average Bonchev–Trinajstić information content (AvgIpc) is 2.50. The molecule has 1 rings (SSSR count). The van der Waals surface area contributed by atoms with Crippen LogP contribution in [0.1, 0.15) is 30.6 Å². The number of benzene rings is 1. The molecule has 0 fully saturated rings. The third-order valence-corrected chi connectivity index (χ3v) is 3.26.